The summed E-state index contributed by atoms with van der Waals surface area (Å²) in [5.41, 5.74) is 0. The number of hydrogen-bond donors (Lipinski definition) is 3. The fraction of sp³-hybridized carbons (Fsp3) is 0.857. The smallest absolute Gasteiger partial charge is 0.314 e. The molecular weight excluding hydrogens is 244 g/mol. The maximum atomic E-state index is 11.6. The van der Waals surface area contributed by atoms with Crippen molar-refractivity contribution in [2.45, 2.75) is 46.0 Å². The molecule has 0 aromatic rings. The van der Waals surface area contributed by atoms with E-state index in [1.807, 2.05) is 6.92 Å². The van der Waals surface area contributed by atoms with Crippen molar-refractivity contribution in [2.24, 2.45) is 17.8 Å². The molecule has 1 rings (SSSR count). The lowest BCUT2D eigenvalue weighted by molar-refractivity contribution is -0.137. The van der Waals surface area contributed by atoms with Crippen molar-refractivity contribution in [1.82, 2.24) is 10.6 Å². The highest BCUT2D eigenvalue weighted by molar-refractivity contribution is 5.74. The van der Waals surface area contributed by atoms with Crippen LogP contribution in [-0.2, 0) is 4.79 Å². The number of carbonyl (C=O) groups excluding carboxylic acids is 1. The largest absolute Gasteiger partial charge is 0.481 e. The number of hydrogen-bond acceptors (Lipinski definition) is 2. The van der Waals surface area contributed by atoms with Gasteiger partial charge in [-0.05, 0) is 30.6 Å². The summed E-state index contributed by atoms with van der Waals surface area (Å²) in [5, 5.41) is 14.2. The highest BCUT2D eigenvalue weighted by atomic mass is 16.4. The van der Waals surface area contributed by atoms with E-state index in [1.54, 1.807) is 0 Å². The lowest BCUT2D eigenvalue weighted by atomic mass is 9.82. The first-order chi connectivity index (χ1) is 8.97. The monoisotopic (exact) mass is 270 g/mol. The molecule has 1 aliphatic rings. The van der Waals surface area contributed by atoms with Crippen LogP contribution in [0.1, 0.15) is 46.0 Å². The van der Waals surface area contributed by atoms with Crippen LogP contribution in [0.3, 0.4) is 0 Å². The molecule has 3 unspecified atom stereocenters. The van der Waals surface area contributed by atoms with Gasteiger partial charge >= 0.3 is 12.0 Å². The summed E-state index contributed by atoms with van der Waals surface area (Å²) in [7, 11) is 0. The zero-order valence-corrected chi connectivity index (χ0v) is 11.9. The van der Waals surface area contributed by atoms with E-state index in [-0.39, 0.29) is 18.4 Å². The van der Waals surface area contributed by atoms with Crippen molar-refractivity contribution >= 4 is 12.0 Å². The van der Waals surface area contributed by atoms with Gasteiger partial charge in [-0.2, -0.15) is 0 Å². The Balaban J connectivity index is 2.12. The molecular formula is C14H26N2O3. The summed E-state index contributed by atoms with van der Waals surface area (Å²) >= 11 is 0. The Morgan fingerprint density at radius 1 is 1.32 bits per heavy atom. The van der Waals surface area contributed by atoms with Gasteiger partial charge < -0.3 is 15.7 Å². The second kappa shape index (κ2) is 8.02. The van der Waals surface area contributed by atoms with Crippen molar-refractivity contribution < 1.29 is 14.7 Å². The molecule has 1 fully saturated rings. The maximum Gasteiger partial charge on any atom is 0.314 e. The Bertz CT molecular complexity index is 307. The first-order valence-corrected chi connectivity index (χ1v) is 7.20. The van der Waals surface area contributed by atoms with Gasteiger partial charge in [0, 0.05) is 19.5 Å². The third-order valence-corrected chi connectivity index (χ3v) is 3.73. The van der Waals surface area contributed by atoms with Crippen molar-refractivity contribution in [1.29, 1.82) is 0 Å². The Morgan fingerprint density at radius 2 is 2.05 bits per heavy atom. The van der Waals surface area contributed by atoms with Crippen molar-refractivity contribution in [3.63, 3.8) is 0 Å². The van der Waals surface area contributed by atoms with E-state index in [2.05, 4.69) is 17.6 Å². The molecule has 5 nitrogen and oxygen atoms in total. The van der Waals surface area contributed by atoms with Crippen LogP contribution in [0.25, 0.3) is 0 Å². The van der Waals surface area contributed by atoms with Crippen LogP contribution in [-0.4, -0.2) is 30.2 Å². The fourth-order valence-electron chi connectivity index (χ4n) is 2.68. The third-order valence-electron chi connectivity index (χ3n) is 3.73. The molecule has 5 heteroatoms. The summed E-state index contributed by atoms with van der Waals surface area (Å²) in [4.78, 5) is 22.1. The van der Waals surface area contributed by atoms with Gasteiger partial charge in [0.15, 0.2) is 0 Å². The predicted molar refractivity (Wildman–Crippen MR) is 73.9 cm³/mol. The molecule has 0 radical (unpaired) electrons. The minimum atomic E-state index is -0.828. The molecule has 2 amide bonds. The van der Waals surface area contributed by atoms with Crippen molar-refractivity contribution in [3.8, 4) is 0 Å². The van der Waals surface area contributed by atoms with Gasteiger partial charge in [-0.25, -0.2) is 4.79 Å². The summed E-state index contributed by atoms with van der Waals surface area (Å²) < 4.78 is 0. The average Bonchev–Trinajstić information content (AvgIpc) is 2.33. The van der Waals surface area contributed by atoms with Crippen molar-refractivity contribution in [3.05, 3.63) is 0 Å². The average molecular weight is 270 g/mol. The van der Waals surface area contributed by atoms with E-state index >= 15 is 0 Å². The van der Waals surface area contributed by atoms with Gasteiger partial charge in [0.2, 0.25) is 0 Å². The van der Waals surface area contributed by atoms with Crippen LogP contribution >= 0.6 is 0 Å². The lowest BCUT2D eigenvalue weighted by Gasteiger charge is -2.26. The molecule has 0 bridgehead atoms. The number of carboxylic acid groups (broad SMARTS) is 1. The molecule has 0 spiro atoms. The highest BCUT2D eigenvalue weighted by Crippen LogP contribution is 2.27. The molecule has 0 aromatic carbocycles. The standard InChI is InChI=1S/C14H26N2O3/c1-10-4-3-5-12(6-10)9-16-14(19)15-8-11(2)7-13(17)18/h10-12H,3-9H2,1-2H3,(H,17,18)(H2,15,16,19). The van der Waals surface area contributed by atoms with E-state index in [1.165, 1.54) is 25.7 Å². The molecule has 1 aliphatic carbocycles. The van der Waals surface area contributed by atoms with Gasteiger partial charge in [-0.15, -0.1) is 0 Å². The van der Waals surface area contributed by atoms with Crippen LogP contribution in [0, 0.1) is 17.8 Å². The summed E-state index contributed by atoms with van der Waals surface area (Å²) in [6.07, 6.45) is 5.02. The molecule has 1 saturated carbocycles. The molecule has 3 N–H and O–H groups in total. The molecule has 0 saturated heterocycles. The van der Waals surface area contributed by atoms with E-state index in [9.17, 15) is 9.59 Å². The number of carboxylic acids is 1. The van der Waals surface area contributed by atoms with E-state index in [0.29, 0.717) is 12.5 Å². The van der Waals surface area contributed by atoms with Crippen LogP contribution < -0.4 is 10.6 Å². The van der Waals surface area contributed by atoms with Crippen molar-refractivity contribution in [2.75, 3.05) is 13.1 Å². The quantitative estimate of drug-likeness (QED) is 0.692. The van der Waals surface area contributed by atoms with Gasteiger partial charge in [0.1, 0.15) is 0 Å². The maximum absolute atomic E-state index is 11.6. The fourth-order valence-corrected chi connectivity index (χ4v) is 2.68. The Labute approximate surface area is 115 Å². The lowest BCUT2D eigenvalue weighted by Crippen LogP contribution is -2.40. The van der Waals surface area contributed by atoms with Crippen LogP contribution in [0.15, 0.2) is 0 Å². The zero-order chi connectivity index (χ0) is 14.3. The highest BCUT2D eigenvalue weighted by Gasteiger charge is 2.19. The molecule has 0 aromatic heterocycles. The summed E-state index contributed by atoms with van der Waals surface area (Å²) in [5.74, 6) is 0.481. The Hall–Kier alpha value is -1.26. The number of urea groups is 1. The zero-order valence-electron chi connectivity index (χ0n) is 11.9. The number of carbonyl (C=O) groups is 2. The van der Waals surface area contributed by atoms with Crippen LogP contribution in [0.2, 0.25) is 0 Å². The summed E-state index contributed by atoms with van der Waals surface area (Å²) in [6.45, 7) is 5.21. The first-order valence-electron chi connectivity index (χ1n) is 7.20. The summed E-state index contributed by atoms with van der Waals surface area (Å²) in [6, 6.07) is -0.185. The molecule has 110 valence electrons. The second-order valence-electron chi connectivity index (χ2n) is 5.93. The number of nitrogens with one attached hydrogen (secondary N) is 2. The minimum absolute atomic E-state index is 0.0436. The minimum Gasteiger partial charge on any atom is -0.481 e. The number of aliphatic carboxylic acids is 1. The normalized spacial score (nSPS) is 24.5. The molecule has 19 heavy (non-hydrogen) atoms. The number of rotatable bonds is 6. The van der Waals surface area contributed by atoms with Crippen LogP contribution in [0.5, 0.6) is 0 Å². The van der Waals surface area contributed by atoms with E-state index in [4.69, 9.17) is 5.11 Å². The van der Waals surface area contributed by atoms with Gasteiger partial charge in [0.05, 0.1) is 0 Å². The third kappa shape index (κ3) is 7.03. The topological polar surface area (TPSA) is 78.4 Å². The van der Waals surface area contributed by atoms with Gasteiger partial charge in [0.25, 0.3) is 0 Å². The van der Waals surface area contributed by atoms with Crippen LogP contribution in [0.4, 0.5) is 4.79 Å². The van der Waals surface area contributed by atoms with E-state index in [0.717, 1.165) is 12.5 Å². The SMILES string of the molecule is CC(CNC(=O)NCC1CCCC(C)C1)CC(=O)O. The predicted octanol–water partition coefficient (Wildman–Crippen LogP) is 2.22. The first kappa shape index (κ1) is 15.8. The van der Waals surface area contributed by atoms with Gasteiger partial charge in [-0.1, -0.05) is 26.7 Å². The number of amides is 2. The molecule has 0 aliphatic heterocycles. The Morgan fingerprint density at radius 3 is 2.68 bits per heavy atom. The Kier molecular flexibility index (Phi) is 6.67. The molecule has 3 atom stereocenters. The van der Waals surface area contributed by atoms with E-state index < -0.39 is 5.97 Å². The second-order valence-corrected chi connectivity index (χ2v) is 5.93. The van der Waals surface area contributed by atoms with Gasteiger partial charge in [-0.3, -0.25) is 4.79 Å². The molecule has 0 heterocycles.